The zero-order valence-corrected chi connectivity index (χ0v) is 21.7. The Morgan fingerprint density at radius 2 is 1.92 bits per heavy atom. The fourth-order valence-electron chi connectivity index (χ4n) is 3.88. The number of aliphatic hydroxyl groups is 1. The number of rotatable bonds is 6. The van der Waals surface area contributed by atoms with Crippen LogP contribution in [0.15, 0.2) is 47.2 Å². The van der Waals surface area contributed by atoms with Crippen LogP contribution in [0.4, 0.5) is 8.78 Å². The van der Waals surface area contributed by atoms with Gasteiger partial charge in [-0.05, 0) is 51.8 Å². The summed E-state index contributed by atoms with van der Waals surface area (Å²) in [5, 5.41) is 13.4. The lowest BCUT2D eigenvalue weighted by Gasteiger charge is -2.26. The van der Waals surface area contributed by atoms with Crippen molar-refractivity contribution in [3.05, 3.63) is 97.9 Å². The molecule has 0 bridgehead atoms. The quantitative estimate of drug-likeness (QED) is 0.485. The SMILES string of the molecule is CC1=CN[C@@H](c2nc(C(C)(C)O)ncc2C)C=C1n1c(C)cc(OCc2ncc(F)cc2F)c(Cl)c1=O. The normalized spacial score (nSPS) is 15.6. The molecule has 1 atom stereocenters. The zero-order valence-electron chi connectivity index (χ0n) is 20.9. The van der Waals surface area contributed by atoms with Crippen LogP contribution in [0.1, 0.15) is 55.3 Å². The molecule has 0 spiro atoms. The van der Waals surface area contributed by atoms with Crippen molar-refractivity contribution >= 4 is 17.3 Å². The van der Waals surface area contributed by atoms with Crippen molar-refractivity contribution in [1.29, 1.82) is 0 Å². The van der Waals surface area contributed by atoms with Crippen molar-refractivity contribution in [3.63, 3.8) is 0 Å². The summed E-state index contributed by atoms with van der Waals surface area (Å²) in [4.78, 5) is 25.8. The second-order valence-corrected chi connectivity index (χ2v) is 9.70. The molecule has 194 valence electrons. The summed E-state index contributed by atoms with van der Waals surface area (Å²) in [7, 11) is 0. The highest BCUT2D eigenvalue weighted by molar-refractivity contribution is 6.31. The fraction of sp³-hybridized carbons (Fsp3) is 0.308. The second kappa shape index (κ2) is 10.0. The first-order valence-corrected chi connectivity index (χ1v) is 11.8. The van der Waals surface area contributed by atoms with E-state index in [9.17, 15) is 18.7 Å². The number of aryl methyl sites for hydroxylation is 2. The van der Waals surface area contributed by atoms with Gasteiger partial charge in [0.05, 0.1) is 23.6 Å². The standard InChI is InChI=1S/C26H26ClF2N5O3/c1-13-9-30-18(23-14(2)10-32-25(33-23)26(4,5)36)8-20(13)34-15(3)6-21(22(27)24(34)35)37-12-19-17(29)7-16(28)11-31-19/h6-11,18,30,36H,12H2,1-5H3/t18-/m1/s1. The maximum absolute atomic E-state index is 13.9. The lowest BCUT2D eigenvalue weighted by atomic mass is 10.0. The molecule has 0 saturated carbocycles. The van der Waals surface area contributed by atoms with Crippen molar-refractivity contribution in [1.82, 2.24) is 24.8 Å². The largest absolute Gasteiger partial charge is 0.485 e. The van der Waals surface area contributed by atoms with Gasteiger partial charge in [-0.1, -0.05) is 11.6 Å². The third-order valence-electron chi connectivity index (χ3n) is 5.85. The van der Waals surface area contributed by atoms with E-state index in [4.69, 9.17) is 16.3 Å². The molecule has 3 aromatic rings. The van der Waals surface area contributed by atoms with Crippen LogP contribution < -0.4 is 15.6 Å². The minimum atomic E-state index is -1.22. The molecule has 0 amide bonds. The van der Waals surface area contributed by atoms with Crippen molar-refractivity contribution in [2.45, 2.75) is 52.9 Å². The predicted octanol–water partition coefficient (Wildman–Crippen LogP) is 4.48. The van der Waals surface area contributed by atoms with Gasteiger partial charge in [-0.2, -0.15) is 0 Å². The number of nitrogens with one attached hydrogen (secondary N) is 1. The van der Waals surface area contributed by atoms with Crippen LogP contribution in [0.25, 0.3) is 5.70 Å². The molecule has 0 radical (unpaired) electrons. The van der Waals surface area contributed by atoms with Gasteiger partial charge in [0.25, 0.3) is 5.56 Å². The van der Waals surface area contributed by atoms with E-state index in [-0.39, 0.29) is 28.9 Å². The van der Waals surface area contributed by atoms with Crippen molar-refractivity contribution in [2.75, 3.05) is 0 Å². The number of hydrogen-bond acceptors (Lipinski definition) is 7. The van der Waals surface area contributed by atoms with Gasteiger partial charge in [-0.25, -0.2) is 18.7 Å². The van der Waals surface area contributed by atoms with E-state index in [1.165, 1.54) is 4.57 Å². The smallest absolute Gasteiger partial charge is 0.277 e. The molecule has 0 aliphatic carbocycles. The molecule has 0 saturated heterocycles. The molecule has 1 aliphatic heterocycles. The van der Waals surface area contributed by atoms with E-state index in [2.05, 4.69) is 20.3 Å². The minimum Gasteiger partial charge on any atom is -0.485 e. The summed E-state index contributed by atoms with van der Waals surface area (Å²) in [5.41, 5.74) is 1.48. The molecule has 1 aliphatic rings. The third-order valence-corrected chi connectivity index (χ3v) is 6.20. The Bertz CT molecular complexity index is 1490. The van der Waals surface area contributed by atoms with Crippen LogP contribution in [0.3, 0.4) is 0 Å². The number of dihydropyridines is 1. The summed E-state index contributed by atoms with van der Waals surface area (Å²) in [6, 6.07) is 1.87. The summed E-state index contributed by atoms with van der Waals surface area (Å²) >= 11 is 6.37. The van der Waals surface area contributed by atoms with Crippen LogP contribution in [0.5, 0.6) is 5.75 Å². The average Bonchev–Trinajstić information content (AvgIpc) is 2.82. The van der Waals surface area contributed by atoms with E-state index in [0.29, 0.717) is 23.2 Å². The summed E-state index contributed by atoms with van der Waals surface area (Å²) in [5.74, 6) is -1.33. The molecule has 37 heavy (non-hydrogen) atoms. The number of allylic oxidation sites excluding steroid dienone is 2. The van der Waals surface area contributed by atoms with Crippen LogP contribution in [-0.2, 0) is 12.2 Å². The van der Waals surface area contributed by atoms with E-state index >= 15 is 0 Å². The summed E-state index contributed by atoms with van der Waals surface area (Å²) in [6.45, 7) is 8.31. The highest BCUT2D eigenvalue weighted by Gasteiger charge is 2.26. The topological polar surface area (TPSA) is 102 Å². The molecule has 0 fully saturated rings. The molecule has 4 heterocycles. The molecule has 3 aromatic heterocycles. The minimum absolute atomic E-state index is 0.0557. The van der Waals surface area contributed by atoms with Crippen molar-refractivity contribution in [3.8, 4) is 5.75 Å². The Hall–Kier alpha value is -3.63. The van der Waals surface area contributed by atoms with E-state index in [1.54, 1.807) is 39.2 Å². The second-order valence-electron chi connectivity index (χ2n) is 9.32. The molecular weight excluding hydrogens is 504 g/mol. The Balaban J connectivity index is 1.70. The van der Waals surface area contributed by atoms with Crippen molar-refractivity contribution < 1.29 is 18.6 Å². The van der Waals surface area contributed by atoms with E-state index in [0.717, 1.165) is 17.3 Å². The number of halogens is 3. The van der Waals surface area contributed by atoms with Crippen LogP contribution in [0.2, 0.25) is 5.02 Å². The van der Waals surface area contributed by atoms with Gasteiger partial charge in [0.2, 0.25) is 0 Å². The Kier molecular flexibility index (Phi) is 7.16. The summed E-state index contributed by atoms with van der Waals surface area (Å²) in [6.07, 6.45) is 6.15. The number of aromatic nitrogens is 4. The van der Waals surface area contributed by atoms with Gasteiger partial charge in [-0.3, -0.25) is 14.3 Å². The first-order valence-electron chi connectivity index (χ1n) is 11.4. The highest BCUT2D eigenvalue weighted by atomic mass is 35.5. The molecule has 11 heteroatoms. The number of nitrogens with zero attached hydrogens (tertiary/aromatic N) is 4. The van der Waals surface area contributed by atoms with Crippen LogP contribution in [-0.4, -0.2) is 24.6 Å². The lowest BCUT2D eigenvalue weighted by Crippen LogP contribution is -2.29. The third kappa shape index (κ3) is 5.40. The first kappa shape index (κ1) is 26.4. The molecule has 4 rings (SSSR count). The number of pyridine rings is 2. The molecule has 0 aromatic carbocycles. The highest BCUT2D eigenvalue weighted by Crippen LogP contribution is 2.31. The van der Waals surface area contributed by atoms with E-state index in [1.807, 2.05) is 19.9 Å². The fourth-order valence-corrected chi connectivity index (χ4v) is 4.07. The lowest BCUT2D eigenvalue weighted by molar-refractivity contribution is 0.0683. The van der Waals surface area contributed by atoms with Gasteiger partial charge in [0, 0.05) is 30.2 Å². The van der Waals surface area contributed by atoms with Gasteiger partial charge in [-0.15, -0.1) is 0 Å². The molecule has 2 N–H and O–H groups in total. The molecule has 8 nitrogen and oxygen atoms in total. The molecular formula is C26H26ClF2N5O3. The van der Waals surface area contributed by atoms with E-state index < -0.39 is 28.8 Å². The average molecular weight is 530 g/mol. The zero-order chi connectivity index (χ0) is 27.1. The number of hydrogen-bond donors (Lipinski definition) is 2. The van der Waals surface area contributed by atoms with Gasteiger partial charge in [0.15, 0.2) is 11.6 Å². The first-order chi connectivity index (χ1) is 17.4. The molecule has 0 unspecified atom stereocenters. The maximum atomic E-state index is 13.9. The Morgan fingerprint density at radius 3 is 2.59 bits per heavy atom. The van der Waals surface area contributed by atoms with Gasteiger partial charge >= 0.3 is 0 Å². The Labute approximate surface area is 217 Å². The number of ether oxygens (including phenoxy) is 1. The van der Waals surface area contributed by atoms with Gasteiger partial charge in [0.1, 0.15) is 34.5 Å². The van der Waals surface area contributed by atoms with Crippen LogP contribution >= 0.6 is 11.6 Å². The van der Waals surface area contributed by atoms with Crippen molar-refractivity contribution in [2.24, 2.45) is 0 Å². The van der Waals surface area contributed by atoms with Crippen LogP contribution in [0, 0.1) is 25.5 Å². The Morgan fingerprint density at radius 1 is 1.19 bits per heavy atom. The van der Waals surface area contributed by atoms with Gasteiger partial charge < -0.3 is 15.2 Å². The summed E-state index contributed by atoms with van der Waals surface area (Å²) < 4.78 is 34.1. The monoisotopic (exact) mass is 529 g/mol. The maximum Gasteiger partial charge on any atom is 0.277 e. The predicted molar refractivity (Wildman–Crippen MR) is 135 cm³/mol.